The molecule has 2 fully saturated rings. The average Bonchev–Trinajstić information content (AvgIpc) is 3.63. The largest absolute Gasteiger partial charge is 0.497 e. The summed E-state index contributed by atoms with van der Waals surface area (Å²) in [7, 11) is 1.57. The number of rotatable bonds is 12. The Bertz CT molecular complexity index is 2130. The second kappa shape index (κ2) is 14.5. The van der Waals surface area contributed by atoms with E-state index in [2.05, 4.69) is 20.8 Å². The Kier molecular flexibility index (Phi) is 9.77. The van der Waals surface area contributed by atoms with Crippen LogP contribution in [0.15, 0.2) is 65.8 Å². The topological polar surface area (TPSA) is 161 Å². The zero-order valence-electron chi connectivity index (χ0n) is 29.5. The van der Waals surface area contributed by atoms with Crippen molar-refractivity contribution in [1.29, 1.82) is 0 Å². The second-order valence-electron chi connectivity index (χ2n) is 13.4. The Hall–Kier alpha value is -5.57. The van der Waals surface area contributed by atoms with Gasteiger partial charge < -0.3 is 39.6 Å². The summed E-state index contributed by atoms with van der Waals surface area (Å²) in [6, 6.07) is 15.3. The Morgan fingerprint density at radius 1 is 1.02 bits per heavy atom. The number of hydrogen-bond acceptors (Lipinski definition) is 10. The standard InChI is InChI=1S/C38H38FN5O8S/c1-5-40-30(45)19-52-43-29-16-27-25-14-21(39)8-13-28(25)41-32(27)24-12-11-23(15-26(24)29)50-18-31(46)42-33-35(47)44-34(38(2,3)53-36(33)44)37(48)51-17-20-6-9-22(49-4)10-7-20/h6-15,33-34,36,41H,5,16-19H2,1-4H3,(H,40,45)(H,42,46)/b43-29-. The third-order valence-corrected chi connectivity index (χ3v) is 11.0. The molecule has 53 heavy (non-hydrogen) atoms. The number of carbonyl (C=O) groups excluding carboxylic acids is 4. The summed E-state index contributed by atoms with van der Waals surface area (Å²) in [6.07, 6.45) is 0.289. The number of ether oxygens (including phenoxy) is 3. The Morgan fingerprint density at radius 3 is 2.55 bits per heavy atom. The smallest absolute Gasteiger partial charge is 0.330 e. The minimum Gasteiger partial charge on any atom is -0.497 e. The molecule has 0 saturated carbocycles. The van der Waals surface area contributed by atoms with Crippen molar-refractivity contribution in [1.82, 2.24) is 20.5 Å². The minimum absolute atomic E-state index is 0.0480. The molecule has 4 aromatic rings. The molecule has 3 amide bonds. The summed E-state index contributed by atoms with van der Waals surface area (Å²) in [5.41, 5.74) is 5.07. The molecular weight excluding hydrogens is 706 g/mol. The van der Waals surface area contributed by atoms with Crippen LogP contribution in [-0.2, 0) is 41.8 Å². The lowest BCUT2D eigenvalue weighted by Crippen LogP contribution is -2.71. The molecule has 3 aliphatic rings. The van der Waals surface area contributed by atoms with Gasteiger partial charge in [0.05, 0.1) is 18.5 Å². The molecule has 2 aliphatic heterocycles. The minimum atomic E-state index is -0.829. The highest BCUT2D eigenvalue weighted by molar-refractivity contribution is 8.01. The summed E-state index contributed by atoms with van der Waals surface area (Å²) < 4.78 is 30.2. The van der Waals surface area contributed by atoms with Crippen LogP contribution in [0.1, 0.15) is 37.5 Å². The lowest BCUT2D eigenvalue weighted by atomic mass is 9.87. The summed E-state index contributed by atoms with van der Waals surface area (Å²) in [5.74, 6) is -1.04. The van der Waals surface area contributed by atoms with E-state index in [1.165, 1.54) is 28.8 Å². The van der Waals surface area contributed by atoms with Crippen LogP contribution in [0, 0.1) is 5.82 Å². The number of oxime groups is 1. The number of hydrogen-bond donors (Lipinski definition) is 3. The van der Waals surface area contributed by atoms with Gasteiger partial charge >= 0.3 is 5.97 Å². The van der Waals surface area contributed by atoms with Crippen molar-refractivity contribution < 1.29 is 42.6 Å². The first kappa shape index (κ1) is 35.8. The molecule has 15 heteroatoms. The average molecular weight is 744 g/mol. The maximum absolute atomic E-state index is 14.2. The molecule has 0 spiro atoms. The first-order valence-corrected chi connectivity index (χ1v) is 18.0. The number of aromatic amines is 1. The molecular formula is C38H38FN5O8S. The zero-order valence-corrected chi connectivity index (χ0v) is 30.3. The highest BCUT2D eigenvalue weighted by atomic mass is 32.2. The molecule has 7 rings (SSSR count). The first-order valence-electron chi connectivity index (χ1n) is 17.1. The van der Waals surface area contributed by atoms with Crippen LogP contribution in [0.25, 0.3) is 22.2 Å². The molecule has 276 valence electrons. The van der Waals surface area contributed by atoms with Gasteiger partial charge in [-0.2, -0.15) is 0 Å². The van der Waals surface area contributed by atoms with Gasteiger partial charge in [0.25, 0.3) is 11.8 Å². The highest BCUT2D eigenvalue weighted by Crippen LogP contribution is 2.51. The van der Waals surface area contributed by atoms with Crippen LogP contribution in [0.3, 0.4) is 0 Å². The van der Waals surface area contributed by atoms with Gasteiger partial charge in [0.1, 0.15) is 41.4 Å². The number of benzene rings is 3. The second-order valence-corrected chi connectivity index (χ2v) is 15.1. The third kappa shape index (κ3) is 7.00. The summed E-state index contributed by atoms with van der Waals surface area (Å²) >= 11 is 1.43. The van der Waals surface area contributed by atoms with Crippen LogP contribution >= 0.6 is 11.8 Å². The number of amides is 3. The van der Waals surface area contributed by atoms with Crippen molar-refractivity contribution in [2.75, 3.05) is 26.9 Å². The number of esters is 1. The van der Waals surface area contributed by atoms with E-state index in [1.807, 2.05) is 19.9 Å². The van der Waals surface area contributed by atoms with Crippen molar-refractivity contribution in [3.8, 4) is 22.8 Å². The van der Waals surface area contributed by atoms with E-state index in [0.717, 1.165) is 27.9 Å². The molecule has 0 bridgehead atoms. The molecule has 3 unspecified atom stereocenters. The lowest BCUT2D eigenvalue weighted by Gasteiger charge is -2.43. The SMILES string of the molecule is CCNC(=O)CO/N=C1/Cc2c([nH]c3ccc(F)cc23)-c2ccc(OCC(=O)NC3C(=O)N4C3SC(C)(C)C4C(=O)OCc3ccc(OC)cc3)cc21. The van der Waals surface area contributed by atoms with Gasteiger partial charge in [0.15, 0.2) is 13.2 Å². The molecule has 3 heterocycles. The number of thioether (sulfide) groups is 1. The van der Waals surface area contributed by atoms with Crippen LogP contribution < -0.4 is 20.1 Å². The van der Waals surface area contributed by atoms with Crippen molar-refractivity contribution in [2.45, 2.75) is 56.0 Å². The van der Waals surface area contributed by atoms with Gasteiger partial charge in [0, 0.05) is 39.7 Å². The van der Waals surface area contributed by atoms with E-state index in [9.17, 15) is 23.6 Å². The van der Waals surface area contributed by atoms with Crippen molar-refractivity contribution in [2.24, 2.45) is 5.16 Å². The van der Waals surface area contributed by atoms with E-state index in [0.29, 0.717) is 34.7 Å². The monoisotopic (exact) mass is 743 g/mol. The van der Waals surface area contributed by atoms with Crippen LogP contribution in [0.4, 0.5) is 4.39 Å². The molecule has 2 saturated heterocycles. The molecule has 3 aromatic carbocycles. The zero-order chi connectivity index (χ0) is 37.4. The van der Waals surface area contributed by atoms with Crippen molar-refractivity contribution >= 4 is 52.1 Å². The maximum Gasteiger partial charge on any atom is 0.330 e. The van der Waals surface area contributed by atoms with Gasteiger partial charge in [-0.05, 0) is 80.4 Å². The fraction of sp³-hybridized carbons (Fsp3) is 0.342. The summed E-state index contributed by atoms with van der Waals surface area (Å²) in [5, 5.41) is 9.98. The van der Waals surface area contributed by atoms with Gasteiger partial charge in [-0.15, -0.1) is 11.8 Å². The Balaban J connectivity index is 1.01. The lowest BCUT2D eigenvalue weighted by molar-refractivity contribution is -0.165. The highest BCUT2D eigenvalue weighted by Gasteiger charge is 2.64. The normalized spacial score (nSPS) is 20.2. The van der Waals surface area contributed by atoms with E-state index >= 15 is 0 Å². The van der Waals surface area contributed by atoms with Crippen LogP contribution in [0.5, 0.6) is 11.5 Å². The number of fused-ring (bicyclic) bond motifs is 6. The van der Waals surface area contributed by atoms with Gasteiger partial charge in [-0.25, -0.2) is 9.18 Å². The Labute approximate surface area is 308 Å². The number of likely N-dealkylation sites (N-methyl/N-ethyl adjacent to an activating group) is 1. The number of β-lactam (4-membered cyclic amide) rings is 1. The van der Waals surface area contributed by atoms with Gasteiger partial charge in [0.2, 0.25) is 5.91 Å². The van der Waals surface area contributed by atoms with E-state index in [4.69, 9.17) is 19.0 Å². The summed E-state index contributed by atoms with van der Waals surface area (Å²) in [4.78, 5) is 61.9. The van der Waals surface area contributed by atoms with Crippen LogP contribution in [0.2, 0.25) is 0 Å². The van der Waals surface area contributed by atoms with E-state index in [-0.39, 0.29) is 43.9 Å². The Morgan fingerprint density at radius 2 is 1.79 bits per heavy atom. The fourth-order valence-corrected chi connectivity index (χ4v) is 8.53. The number of methoxy groups -OCH3 is 1. The van der Waals surface area contributed by atoms with E-state index in [1.54, 1.807) is 56.5 Å². The number of nitrogens with one attached hydrogen (secondary N) is 3. The first-order chi connectivity index (χ1) is 25.5. The van der Waals surface area contributed by atoms with Gasteiger partial charge in [-0.3, -0.25) is 14.4 Å². The molecule has 13 nitrogen and oxygen atoms in total. The molecule has 1 aromatic heterocycles. The number of H-pyrrole nitrogens is 1. The molecule has 0 radical (unpaired) electrons. The number of nitrogens with zero attached hydrogens (tertiary/aromatic N) is 2. The summed E-state index contributed by atoms with van der Waals surface area (Å²) in [6.45, 7) is 5.39. The number of carbonyl (C=O) groups is 4. The quantitative estimate of drug-likeness (QED) is 0.111. The molecule has 1 aliphatic carbocycles. The predicted molar refractivity (Wildman–Crippen MR) is 195 cm³/mol. The third-order valence-electron chi connectivity index (χ3n) is 9.42. The maximum atomic E-state index is 14.2. The fourth-order valence-electron chi connectivity index (χ4n) is 6.91. The van der Waals surface area contributed by atoms with E-state index < -0.39 is 34.1 Å². The predicted octanol–water partition coefficient (Wildman–Crippen LogP) is 4.06. The number of halogens is 1. The van der Waals surface area contributed by atoms with Crippen molar-refractivity contribution in [3.05, 3.63) is 83.2 Å². The van der Waals surface area contributed by atoms with Crippen LogP contribution in [-0.4, -0.2) is 88.4 Å². The van der Waals surface area contributed by atoms with Crippen molar-refractivity contribution in [3.63, 3.8) is 0 Å². The molecule has 3 atom stereocenters. The van der Waals surface area contributed by atoms with Gasteiger partial charge in [-0.1, -0.05) is 17.3 Å². The number of aromatic nitrogens is 1. The molecule has 3 N–H and O–H groups in total.